The summed E-state index contributed by atoms with van der Waals surface area (Å²) in [6.45, 7) is 16.4. The third-order valence-electron chi connectivity index (χ3n) is 8.19. The zero-order valence-electron chi connectivity index (χ0n) is 19.2. The van der Waals surface area contributed by atoms with Gasteiger partial charge in [0.25, 0.3) is 0 Å². The van der Waals surface area contributed by atoms with Gasteiger partial charge >= 0.3 is 11.9 Å². The van der Waals surface area contributed by atoms with Crippen LogP contribution in [0.4, 0.5) is 0 Å². The van der Waals surface area contributed by atoms with Crippen LogP contribution < -0.4 is 0 Å². The van der Waals surface area contributed by atoms with E-state index in [4.69, 9.17) is 9.47 Å². The molecule has 6 unspecified atom stereocenters. The van der Waals surface area contributed by atoms with Gasteiger partial charge in [0, 0.05) is 5.92 Å². The van der Waals surface area contributed by atoms with Crippen molar-refractivity contribution in [2.75, 3.05) is 6.61 Å². The first-order chi connectivity index (χ1) is 12.7. The quantitative estimate of drug-likeness (QED) is 0.589. The summed E-state index contributed by atoms with van der Waals surface area (Å²) < 4.78 is 11.5. The van der Waals surface area contributed by atoms with Gasteiger partial charge in [0.1, 0.15) is 5.60 Å². The van der Waals surface area contributed by atoms with Gasteiger partial charge in [0.15, 0.2) is 6.61 Å². The van der Waals surface area contributed by atoms with Crippen molar-refractivity contribution in [1.82, 2.24) is 0 Å². The predicted molar refractivity (Wildman–Crippen MR) is 110 cm³/mol. The lowest BCUT2D eigenvalue weighted by molar-refractivity contribution is -0.184. The molecule has 4 aliphatic carbocycles. The average molecular weight is 393 g/mol. The standard InChI is InChI=1S/C24H40O4/c1-21(2,3)14-23(7,22(4,5)6)20(26)27-13-19(25)28-24(8)17-10-15-9-16(12-17)18(24)11-15/h15-18H,9-14H2,1-8H3. The van der Waals surface area contributed by atoms with Crippen LogP contribution in [-0.4, -0.2) is 24.1 Å². The first kappa shape index (κ1) is 21.6. The summed E-state index contributed by atoms with van der Waals surface area (Å²) in [5.74, 6) is 1.85. The topological polar surface area (TPSA) is 52.6 Å². The zero-order valence-corrected chi connectivity index (χ0v) is 19.2. The van der Waals surface area contributed by atoms with E-state index in [1.165, 1.54) is 25.7 Å². The molecule has 0 aromatic heterocycles. The molecule has 4 rings (SSSR count). The number of carbonyl (C=O) groups excluding carboxylic acids is 2. The number of hydrogen-bond donors (Lipinski definition) is 0. The van der Waals surface area contributed by atoms with E-state index in [0.29, 0.717) is 18.3 Å². The van der Waals surface area contributed by atoms with Crippen LogP contribution >= 0.6 is 0 Å². The third kappa shape index (κ3) is 3.73. The number of rotatable bonds is 5. The predicted octanol–water partition coefficient (Wildman–Crippen LogP) is 5.39. The monoisotopic (exact) mass is 392 g/mol. The van der Waals surface area contributed by atoms with Gasteiger partial charge < -0.3 is 9.47 Å². The SMILES string of the molecule is CC(C)(C)CC(C)(C(=O)OCC(=O)OC1(C)C2CC3CC(C2)C1C3)C(C)(C)C. The van der Waals surface area contributed by atoms with Gasteiger partial charge in [-0.1, -0.05) is 41.5 Å². The molecule has 4 nitrogen and oxygen atoms in total. The van der Waals surface area contributed by atoms with Crippen LogP contribution in [0.3, 0.4) is 0 Å². The minimum Gasteiger partial charge on any atom is -0.456 e. The Morgan fingerprint density at radius 3 is 2.14 bits per heavy atom. The first-order valence-corrected chi connectivity index (χ1v) is 11.0. The molecule has 0 N–H and O–H groups in total. The van der Waals surface area contributed by atoms with Crippen molar-refractivity contribution in [2.45, 2.75) is 93.1 Å². The van der Waals surface area contributed by atoms with Gasteiger partial charge in [-0.05, 0) is 74.5 Å². The van der Waals surface area contributed by atoms with Crippen LogP contribution in [0.25, 0.3) is 0 Å². The molecule has 28 heavy (non-hydrogen) atoms. The van der Waals surface area contributed by atoms with Crippen molar-refractivity contribution in [3.8, 4) is 0 Å². The highest BCUT2D eigenvalue weighted by Gasteiger charge is 2.62. The van der Waals surface area contributed by atoms with Gasteiger partial charge in [0.05, 0.1) is 5.41 Å². The molecule has 0 saturated heterocycles. The molecule has 4 fully saturated rings. The number of esters is 2. The van der Waals surface area contributed by atoms with Crippen LogP contribution in [0, 0.1) is 39.9 Å². The number of carbonyl (C=O) groups is 2. The summed E-state index contributed by atoms with van der Waals surface area (Å²) in [6, 6.07) is 0. The van der Waals surface area contributed by atoms with Crippen molar-refractivity contribution in [3.63, 3.8) is 0 Å². The molecule has 4 bridgehead atoms. The Hall–Kier alpha value is -1.06. The normalized spacial score (nSPS) is 36.3. The maximum atomic E-state index is 13.0. The van der Waals surface area contributed by atoms with E-state index in [0.717, 1.165) is 11.8 Å². The van der Waals surface area contributed by atoms with Gasteiger partial charge in [-0.15, -0.1) is 0 Å². The van der Waals surface area contributed by atoms with Gasteiger partial charge in [-0.2, -0.15) is 0 Å². The molecule has 0 heterocycles. The summed E-state index contributed by atoms with van der Waals surface area (Å²) in [5, 5.41) is 0. The highest BCUT2D eigenvalue weighted by molar-refractivity contribution is 5.81. The number of hydrogen-bond acceptors (Lipinski definition) is 4. The second kappa shape index (κ2) is 6.74. The Labute approximate surface area is 171 Å². The lowest BCUT2D eigenvalue weighted by Crippen LogP contribution is -2.47. The largest absolute Gasteiger partial charge is 0.456 e. The Morgan fingerprint density at radius 1 is 0.964 bits per heavy atom. The molecule has 4 aliphatic rings. The number of ether oxygens (including phenoxy) is 2. The maximum absolute atomic E-state index is 13.0. The fraction of sp³-hybridized carbons (Fsp3) is 0.917. The second-order valence-electron chi connectivity index (χ2n) is 12.4. The summed E-state index contributed by atoms with van der Waals surface area (Å²) >= 11 is 0. The molecular formula is C24H40O4. The molecule has 160 valence electrons. The Balaban J connectivity index is 1.61. The average Bonchev–Trinajstić information content (AvgIpc) is 2.91. The van der Waals surface area contributed by atoms with Crippen LogP contribution in [0.5, 0.6) is 0 Å². The highest BCUT2D eigenvalue weighted by atomic mass is 16.6. The Kier molecular flexibility index (Phi) is 5.21. The van der Waals surface area contributed by atoms with Crippen LogP contribution in [0.2, 0.25) is 0 Å². The molecule has 0 aromatic rings. The van der Waals surface area contributed by atoms with E-state index in [-0.39, 0.29) is 35.0 Å². The first-order valence-electron chi connectivity index (χ1n) is 11.0. The molecule has 6 atom stereocenters. The van der Waals surface area contributed by atoms with E-state index < -0.39 is 5.41 Å². The molecule has 0 aromatic carbocycles. The van der Waals surface area contributed by atoms with E-state index >= 15 is 0 Å². The van der Waals surface area contributed by atoms with Crippen LogP contribution in [0.15, 0.2) is 0 Å². The highest BCUT2D eigenvalue weighted by Crippen LogP contribution is 2.63. The summed E-state index contributed by atoms with van der Waals surface area (Å²) in [4.78, 5) is 25.7. The van der Waals surface area contributed by atoms with E-state index in [9.17, 15) is 9.59 Å². The fourth-order valence-corrected chi connectivity index (χ4v) is 6.45. The van der Waals surface area contributed by atoms with Crippen molar-refractivity contribution < 1.29 is 19.1 Å². The van der Waals surface area contributed by atoms with Crippen molar-refractivity contribution in [2.24, 2.45) is 39.9 Å². The van der Waals surface area contributed by atoms with Crippen molar-refractivity contribution in [3.05, 3.63) is 0 Å². The maximum Gasteiger partial charge on any atom is 0.344 e. The molecule has 0 amide bonds. The minimum absolute atomic E-state index is 0.0167. The molecule has 0 spiro atoms. The fourth-order valence-electron chi connectivity index (χ4n) is 6.45. The lowest BCUT2D eigenvalue weighted by Gasteiger charge is -2.43. The third-order valence-corrected chi connectivity index (χ3v) is 8.19. The van der Waals surface area contributed by atoms with E-state index in [1.54, 1.807) is 0 Å². The van der Waals surface area contributed by atoms with Crippen molar-refractivity contribution >= 4 is 11.9 Å². The second-order valence-corrected chi connectivity index (χ2v) is 12.4. The summed E-state index contributed by atoms with van der Waals surface area (Å²) in [7, 11) is 0. The van der Waals surface area contributed by atoms with Gasteiger partial charge in [-0.25, -0.2) is 4.79 Å². The minimum atomic E-state index is -0.666. The lowest BCUT2D eigenvalue weighted by atomic mass is 9.61. The summed E-state index contributed by atoms with van der Waals surface area (Å²) in [5.41, 5.74) is -1.31. The molecule has 0 aliphatic heterocycles. The molecular weight excluding hydrogens is 352 g/mol. The molecule has 4 heteroatoms. The van der Waals surface area contributed by atoms with Crippen LogP contribution in [0.1, 0.15) is 87.5 Å². The molecule has 0 radical (unpaired) electrons. The van der Waals surface area contributed by atoms with Crippen LogP contribution in [-0.2, 0) is 19.1 Å². The Bertz CT molecular complexity index is 636. The van der Waals surface area contributed by atoms with Crippen molar-refractivity contribution in [1.29, 1.82) is 0 Å². The van der Waals surface area contributed by atoms with Gasteiger partial charge in [-0.3, -0.25) is 4.79 Å². The van der Waals surface area contributed by atoms with E-state index in [2.05, 4.69) is 48.5 Å². The summed E-state index contributed by atoms with van der Waals surface area (Å²) in [6.07, 6.45) is 5.57. The molecule has 4 saturated carbocycles. The van der Waals surface area contributed by atoms with Gasteiger partial charge in [0.2, 0.25) is 0 Å². The zero-order chi connectivity index (χ0) is 21.1. The smallest absolute Gasteiger partial charge is 0.344 e. The Morgan fingerprint density at radius 2 is 1.61 bits per heavy atom. The van der Waals surface area contributed by atoms with E-state index in [1.807, 2.05) is 6.92 Å².